The highest BCUT2D eigenvalue weighted by Gasteiger charge is 2.59. The molecule has 4 heteroatoms. The first-order chi connectivity index (χ1) is 15.3. The Kier molecular flexibility index (Phi) is 5.82. The molecular formula is C28H36BrNO2. The van der Waals surface area contributed by atoms with Crippen LogP contribution in [0.15, 0.2) is 46.9 Å². The van der Waals surface area contributed by atoms with Crippen LogP contribution in [0.25, 0.3) is 0 Å². The standard InChI is InChI=1S/C28H36BrNO2/c1-4-31-24-11-21(10-23(29)25(24)32-16-20-8-6-5-7-9-20)15-30-28-14-22-12-26(2,18-28)17-27(3,13-22)19-28/h5-11,22,30H,4,12-19H2,1-3H3. The number of rotatable bonds is 8. The predicted octanol–water partition coefficient (Wildman–Crippen LogP) is 7.27. The topological polar surface area (TPSA) is 30.5 Å². The van der Waals surface area contributed by atoms with Crippen LogP contribution in [-0.4, -0.2) is 12.1 Å². The Balaban J connectivity index is 1.32. The molecule has 4 bridgehead atoms. The molecule has 4 aliphatic carbocycles. The summed E-state index contributed by atoms with van der Waals surface area (Å²) in [6, 6.07) is 14.6. The molecule has 0 aromatic heterocycles. The largest absolute Gasteiger partial charge is 0.490 e. The van der Waals surface area contributed by atoms with E-state index in [0.29, 0.717) is 29.6 Å². The Morgan fingerprint density at radius 3 is 2.31 bits per heavy atom. The van der Waals surface area contributed by atoms with E-state index in [1.165, 1.54) is 44.1 Å². The highest BCUT2D eigenvalue weighted by atomic mass is 79.9. The predicted molar refractivity (Wildman–Crippen MR) is 133 cm³/mol. The molecule has 0 radical (unpaired) electrons. The molecule has 0 amide bonds. The van der Waals surface area contributed by atoms with Crippen LogP contribution in [0.1, 0.15) is 70.4 Å². The molecule has 0 aliphatic heterocycles. The maximum atomic E-state index is 6.17. The molecule has 0 saturated heterocycles. The SMILES string of the molecule is CCOc1cc(CNC23CC4CC(C)(CC(C)(C4)C2)C3)cc(Br)c1OCc1ccccc1. The summed E-state index contributed by atoms with van der Waals surface area (Å²) in [5, 5.41) is 4.05. The number of halogens is 1. The molecule has 6 rings (SSSR count). The van der Waals surface area contributed by atoms with Gasteiger partial charge in [0, 0.05) is 12.1 Å². The van der Waals surface area contributed by atoms with Gasteiger partial charge in [-0.3, -0.25) is 0 Å². The van der Waals surface area contributed by atoms with Gasteiger partial charge in [-0.15, -0.1) is 0 Å². The summed E-state index contributed by atoms with van der Waals surface area (Å²) in [4.78, 5) is 0. The van der Waals surface area contributed by atoms with Gasteiger partial charge in [0.15, 0.2) is 11.5 Å². The summed E-state index contributed by atoms with van der Waals surface area (Å²) < 4.78 is 13.1. The van der Waals surface area contributed by atoms with Crippen LogP contribution >= 0.6 is 15.9 Å². The lowest BCUT2D eigenvalue weighted by atomic mass is 9.43. The molecule has 2 atom stereocenters. The van der Waals surface area contributed by atoms with Gasteiger partial charge < -0.3 is 14.8 Å². The fourth-order valence-electron chi connectivity index (χ4n) is 7.79. The summed E-state index contributed by atoms with van der Waals surface area (Å²) in [6.07, 6.45) is 8.26. The van der Waals surface area contributed by atoms with Crippen molar-refractivity contribution < 1.29 is 9.47 Å². The van der Waals surface area contributed by atoms with E-state index in [1.807, 2.05) is 25.1 Å². The van der Waals surface area contributed by atoms with Gasteiger partial charge in [-0.05, 0) is 101 Å². The molecule has 0 spiro atoms. The Labute approximate surface area is 201 Å². The number of hydrogen-bond acceptors (Lipinski definition) is 3. The zero-order chi connectivity index (χ0) is 22.4. The van der Waals surface area contributed by atoms with Gasteiger partial charge >= 0.3 is 0 Å². The van der Waals surface area contributed by atoms with E-state index in [-0.39, 0.29) is 0 Å². The third-order valence-electron chi connectivity index (χ3n) is 7.89. The Hall–Kier alpha value is -1.52. The Morgan fingerprint density at radius 2 is 1.66 bits per heavy atom. The lowest BCUT2D eigenvalue weighted by molar-refractivity contribution is -0.118. The summed E-state index contributed by atoms with van der Waals surface area (Å²) >= 11 is 3.76. The lowest BCUT2D eigenvalue weighted by Gasteiger charge is -2.65. The first kappa shape index (κ1) is 22.3. The molecule has 2 aromatic carbocycles. The van der Waals surface area contributed by atoms with Crippen LogP contribution in [0.2, 0.25) is 0 Å². The van der Waals surface area contributed by atoms with Gasteiger partial charge in [-0.2, -0.15) is 0 Å². The second kappa shape index (κ2) is 8.36. The quantitative estimate of drug-likeness (QED) is 0.415. The Morgan fingerprint density at radius 1 is 0.938 bits per heavy atom. The molecular weight excluding hydrogens is 462 g/mol. The van der Waals surface area contributed by atoms with Gasteiger partial charge in [0.25, 0.3) is 0 Å². The minimum absolute atomic E-state index is 0.295. The van der Waals surface area contributed by atoms with Crippen molar-refractivity contribution in [2.75, 3.05) is 6.61 Å². The van der Waals surface area contributed by atoms with Crippen molar-refractivity contribution in [2.24, 2.45) is 16.7 Å². The summed E-state index contributed by atoms with van der Waals surface area (Å²) in [5.41, 5.74) is 3.74. The third-order valence-corrected chi connectivity index (χ3v) is 8.48. The number of benzene rings is 2. The van der Waals surface area contributed by atoms with Crippen LogP contribution in [0.5, 0.6) is 11.5 Å². The maximum Gasteiger partial charge on any atom is 0.175 e. The van der Waals surface area contributed by atoms with Crippen molar-refractivity contribution in [3.05, 3.63) is 58.1 Å². The fraction of sp³-hybridized carbons (Fsp3) is 0.571. The van der Waals surface area contributed by atoms with E-state index in [1.54, 1.807) is 0 Å². The molecule has 172 valence electrons. The molecule has 1 N–H and O–H groups in total. The van der Waals surface area contributed by atoms with Crippen LogP contribution < -0.4 is 14.8 Å². The number of hydrogen-bond donors (Lipinski definition) is 1. The van der Waals surface area contributed by atoms with E-state index in [4.69, 9.17) is 9.47 Å². The average molecular weight is 499 g/mol. The molecule has 3 nitrogen and oxygen atoms in total. The zero-order valence-corrected chi connectivity index (χ0v) is 21.3. The molecule has 2 unspecified atom stereocenters. The van der Waals surface area contributed by atoms with Crippen molar-refractivity contribution >= 4 is 15.9 Å². The van der Waals surface area contributed by atoms with Crippen molar-refractivity contribution in [3.8, 4) is 11.5 Å². The van der Waals surface area contributed by atoms with Crippen LogP contribution in [0.3, 0.4) is 0 Å². The van der Waals surface area contributed by atoms with E-state index in [2.05, 4.69) is 59.4 Å². The molecule has 32 heavy (non-hydrogen) atoms. The molecule has 2 aromatic rings. The van der Waals surface area contributed by atoms with Gasteiger partial charge in [0.1, 0.15) is 6.61 Å². The van der Waals surface area contributed by atoms with Crippen LogP contribution in [0.4, 0.5) is 0 Å². The molecule has 4 fully saturated rings. The second-order valence-electron chi connectivity index (χ2n) is 11.4. The minimum atomic E-state index is 0.295. The van der Waals surface area contributed by atoms with Gasteiger partial charge in [0.2, 0.25) is 0 Å². The summed E-state index contributed by atoms with van der Waals surface area (Å²) in [5.74, 6) is 2.50. The second-order valence-corrected chi connectivity index (χ2v) is 12.2. The van der Waals surface area contributed by atoms with Crippen LogP contribution in [-0.2, 0) is 13.2 Å². The van der Waals surface area contributed by atoms with Crippen molar-refractivity contribution in [1.82, 2.24) is 5.32 Å². The van der Waals surface area contributed by atoms with Crippen molar-refractivity contribution in [3.63, 3.8) is 0 Å². The summed E-state index contributed by atoms with van der Waals surface area (Å²) in [6.45, 7) is 9.11. The highest BCUT2D eigenvalue weighted by molar-refractivity contribution is 9.10. The normalized spacial score (nSPS) is 32.8. The van der Waals surface area contributed by atoms with E-state index in [0.717, 1.165) is 34.0 Å². The molecule has 0 heterocycles. The van der Waals surface area contributed by atoms with E-state index >= 15 is 0 Å². The average Bonchev–Trinajstić information content (AvgIpc) is 2.70. The van der Waals surface area contributed by atoms with Gasteiger partial charge in [0.05, 0.1) is 11.1 Å². The fourth-order valence-corrected chi connectivity index (χ4v) is 8.39. The molecule has 4 saturated carbocycles. The first-order valence-corrected chi connectivity index (χ1v) is 13.0. The van der Waals surface area contributed by atoms with Crippen molar-refractivity contribution in [2.45, 2.75) is 78.0 Å². The van der Waals surface area contributed by atoms with Crippen molar-refractivity contribution in [1.29, 1.82) is 0 Å². The minimum Gasteiger partial charge on any atom is -0.490 e. The maximum absolute atomic E-state index is 6.17. The third kappa shape index (κ3) is 4.46. The first-order valence-electron chi connectivity index (χ1n) is 12.2. The number of ether oxygens (including phenoxy) is 2. The van der Waals surface area contributed by atoms with Crippen LogP contribution in [0, 0.1) is 16.7 Å². The lowest BCUT2D eigenvalue weighted by Crippen LogP contribution is -2.63. The monoisotopic (exact) mass is 497 g/mol. The molecule has 4 aliphatic rings. The highest BCUT2D eigenvalue weighted by Crippen LogP contribution is 2.66. The van der Waals surface area contributed by atoms with E-state index in [9.17, 15) is 0 Å². The smallest absolute Gasteiger partial charge is 0.175 e. The summed E-state index contributed by atoms with van der Waals surface area (Å²) in [7, 11) is 0. The van der Waals surface area contributed by atoms with Gasteiger partial charge in [-0.25, -0.2) is 0 Å². The zero-order valence-electron chi connectivity index (χ0n) is 19.7. The van der Waals surface area contributed by atoms with Gasteiger partial charge in [-0.1, -0.05) is 44.2 Å². The number of nitrogens with one attached hydrogen (secondary N) is 1. The van der Waals surface area contributed by atoms with E-state index < -0.39 is 0 Å². The Bertz CT molecular complexity index is 957.